The van der Waals surface area contributed by atoms with Gasteiger partial charge >= 0.3 is 0 Å². The lowest BCUT2D eigenvalue weighted by molar-refractivity contribution is 0.882. The van der Waals surface area contributed by atoms with E-state index in [0.717, 1.165) is 0 Å². The van der Waals surface area contributed by atoms with Gasteiger partial charge in [-0.3, -0.25) is 0 Å². The Morgan fingerprint density at radius 2 is 1.06 bits per heavy atom. The highest BCUT2D eigenvalue weighted by atomic mass is 15.3. The molecule has 0 saturated carbocycles. The van der Waals surface area contributed by atoms with E-state index < -0.39 is 0 Å². The first-order valence-corrected chi connectivity index (χ1v) is 5.32. The Morgan fingerprint density at radius 1 is 0.667 bits per heavy atom. The molecule has 0 aliphatic rings. The van der Waals surface area contributed by atoms with Gasteiger partial charge in [0.1, 0.15) is 11.4 Å². The molecule has 0 N–H and O–H groups in total. The largest absolute Gasteiger partial charge is 0.346 e. The SMILES string of the molecule is CN(C)c1ncc(-c2cnc(N(C)C)nn2)nn1. The summed E-state index contributed by atoms with van der Waals surface area (Å²) in [5.41, 5.74) is 1.09. The van der Waals surface area contributed by atoms with Gasteiger partial charge in [0.25, 0.3) is 0 Å². The van der Waals surface area contributed by atoms with Crippen LogP contribution in [0.5, 0.6) is 0 Å². The lowest BCUT2D eigenvalue weighted by Crippen LogP contribution is -2.14. The van der Waals surface area contributed by atoms with Crippen LogP contribution < -0.4 is 9.80 Å². The van der Waals surface area contributed by atoms with E-state index in [1.165, 1.54) is 0 Å². The van der Waals surface area contributed by atoms with Crippen LogP contribution in [-0.2, 0) is 0 Å². The summed E-state index contributed by atoms with van der Waals surface area (Å²) in [6.45, 7) is 0. The zero-order valence-electron chi connectivity index (χ0n) is 10.7. The summed E-state index contributed by atoms with van der Waals surface area (Å²) in [7, 11) is 7.40. The third kappa shape index (κ3) is 2.47. The van der Waals surface area contributed by atoms with Gasteiger partial charge in [-0.25, -0.2) is 9.97 Å². The molecule has 2 heterocycles. The first kappa shape index (κ1) is 12.1. The number of hydrogen-bond acceptors (Lipinski definition) is 8. The van der Waals surface area contributed by atoms with Crippen molar-refractivity contribution in [3.8, 4) is 11.4 Å². The Labute approximate surface area is 105 Å². The van der Waals surface area contributed by atoms with Crippen molar-refractivity contribution in [1.29, 1.82) is 0 Å². The maximum Gasteiger partial charge on any atom is 0.244 e. The molecule has 94 valence electrons. The zero-order valence-corrected chi connectivity index (χ0v) is 10.7. The van der Waals surface area contributed by atoms with Crippen molar-refractivity contribution < 1.29 is 0 Å². The summed E-state index contributed by atoms with van der Waals surface area (Å²) in [4.78, 5) is 11.9. The third-order valence-electron chi connectivity index (χ3n) is 2.16. The second-order valence-corrected chi connectivity index (χ2v) is 4.08. The molecule has 8 heteroatoms. The van der Waals surface area contributed by atoms with Crippen molar-refractivity contribution in [3.63, 3.8) is 0 Å². The molecular weight excluding hydrogens is 232 g/mol. The maximum absolute atomic E-state index is 4.16. The van der Waals surface area contributed by atoms with E-state index >= 15 is 0 Å². The van der Waals surface area contributed by atoms with Gasteiger partial charge in [-0.2, -0.15) is 0 Å². The third-order valence-corrected chi connectivity index (χ3v) is 2.16. The van der Waals surface area contributed by atoms with Crippen molar-refractivity contribution >= 4 is 11.9 Å². The smallest absolute Gasteiger partial charge is 0.244 e. The van der Waals surface area contributed by atoms with Crippen LogP contribution in [0.25, 0.3) is 11.4 Å². The second kappa shape index (κ2) is 4.86. The van der Waals surface area contributed by atoms with Gasteiger partial charge in [-0.05, 0) is 0 Å². The van der Waals surface area contributed by atoms with Crippen molar-refractivity contribution in [3.05, 3.63) is 12.4 Å². The number of rotatable bonds is 3. The van der Waals surface area contributed by atoms with Gasteiger partial charge in [0.2, 0.25) is 11.9 Å². The fourth-order valence-electron chi connectivity index (χ4n) is 1.18. The van der Waals surface area contributed by atoms with Gasteiger partial charge in [-0.15, -0.1) is 20.4 Å². The van der Waals surface area contributed by atoms with Gasteiger partial charge in [0, 0.05) is 28.2 Å². The monoisotopic (exact) mass is 246 g/mol. The molecule has 0 spiro atoms. The Hall–Kier alpha value is -2.38. The molecule has 0 aromatic carbocycles. The quantitative estimate of drug-likeness (QED) is 0.739. The van der Waals surface area contributed by atoms with Crippen molar-refractivity contribution in [2.24, 2.45) is 0 Å². The van der Waals surface area contributed by atoms with Crippen molar-refractivity contribution in [2.75, 3.05) is 38.0 Å². The molecule has 0 aliphatic heterocycles. The number of anilines is 2. The van der Waals surface area contributed by atoms with Crippen LogP contribution in [0.15, 0.2) is 12.4 Å². The van der Waals surface area contributed by atoms with E-state index in [0.29, 0.717) is 23.3 Å². The molecule has 0 radical (unpaired) electrons. The summed E-state index contributed by atoms with van der Waals surface area (Å²) in [5.74, 6) is 1.09. The summed E-state index contributed by atoms with van der Waals surface area (Å²) >= 11 is 0. The Morgan fingerprint density at radius 3 is 1.28 bits per heavy atom. The van der Waals surface area contributed by atoms with Gasteiger partial charge in [0.05, 0.1) is 12.4 Å². The molecular formula is C10H14N8. The van der Waals surface area contributed by atoms with Crippen LogP contribution in [0.1, 0.15) is 0 Å². The topological polar surface area (TPSA) is 83.8 Å². The second-order valence-electron chi connectivity index (χ2n) is 4.08. The molecule has 0 amide bonds. The average molecular weight is 246 g/mol. The normalized spacial score (nSPS) is 10.2. The van der Waals surface area contributed by atoms with Crippen LogP contribution in [0.4, 0.5) is 11.9 Å². The van der Waals surface area contributed by atoms with E-state index in [1.54, 1.807) is 22.2 Å². The minimum atomic E-state index is 0.546. The minimum Gasteiger partial charge on any atom is -0.346 e. The van der Waals surface area contributed by atoms with E-state index in [9.17, 15) is 0 Å². The lowest BCUT2D eigenvalue weighted by Gasteiger charge is -2.09. The van der Waals surface area contributed by atoms with E-state index in [1.807, 2.05) is 28.2 Å². The average Bonchev–Trinajstić information content (AvgIpc) is 2.39. The standard InChI is InChI=1S/C10H14N8/c1-17(2)9-11-5-7(13-15-9)8-6-12-10(16-14-8)18(3)4/h5-6H,1-4H3. The predicted octanol–water partition coefficient (Wildman–Crippen LogP) is -0.144. The Balaban J connectivity index is 2.25. The molecule has 2 rings (SSSR count). The molecule has 0 unspecified atom stereocenters. The summed E-state index contributed by atoms with van der Waals surface area (Å²) in [5, 5.41) is 16.0. The minimum absolute atomic E-state index is 0.546. The highest BCUT2D eigenvalue weighted by molar-refractivity contribution is 5.51. The molecule has 0 atom stereocenters. The summed E-state index contributed by atoms with van der Waals surface area (Å²) in [6.07, 6.45) is 3.20. The molecule has 0 fully saturated rings. The van der Waals surface area contributed by atoms with Crippen LogP contribution in [0.2, 0.25) is 0 Å². The lowest BCUT2D eigenvalue weighted by atomic mass is 10.3. The zero-order chi connectivity index (χ0) is 13.1. The predicted molar refractivity (Wildman–Crippen MR) is 67.3 cm³/mol. The van der Waals surface area contributed by atoms with Gasteiger partial charge in [-0.1, -0.05) is 0 Å². The molecule has 0 bridgehead atoms. The number of hydrogen-bond donors (Lipinski definition) is 0. The summed E-state index contributed by atoms with van der Waals surface area (Å²) < 4.78 is 0. The highest BCUT2D eigenvalue weighted by Crippen LogP contribution is 2.12. The fraction of sp³-hybridized carbons (Fsp3) is 0.400. The van der Waals surface area contributed by atoms with Gasteiger partial charge in [0.15, 0.2) is 0 Å². The molecule has 0 aliphatic carbocycles. The number of aromatic nitrogens is 6. The Bertz CT molecular complexity index is 455. The van der Waals surface area contributed by atoms with E-state index in [4.69, 9.17) is 0 Å². The molecule has 8 nitrogen and oxygen atoms in total. The molecule has 2 aromatic heterocycles. The maximum atomic E-state index is 4.16. The first-order valence-electron chi connectivity index (χ1n) is 5.32. The van der Waals surface area contributed by atoms with E-state index in [2.05, 4.69) is 30.4 Å². The van der Waals surface area contributed by atoms with Crippen LogP contribution in [0, 0.1) is 0 Å². The Kier molecular flexibility index (Phi) is 3.26. The number of nitrogens with zero attached hydrogens (tertiary/aromatic N) is 8. The molecule has 0 saturated heterocycles. The van der Waals surface area contributed by atoms with Crippen LogP contribution in [-0.4, -0.2) is 58.6 Å². The van der Waals surface area contributed by atoms with E-state index in [-0.39, 0.29) is 0 Å². The fourth-order valence-corrected chi connectivity index (χ4v) is 1.18. The first-order chi connectivity index (χ1) is 8.58. The van der Waals surface area contributed by atoms with Crippen LogP contribution >= 0.6 is 0 Å². The summed E-state index contributed by atoms with van der Waals surface area (Å²) in [6, 6.07) is 0. The van der Waals surface area contributed by atoms with Gasteiger partial charge < -0.3 is 9.80 Å². The van der Waals surface area contributed by atoms with Crippen LogP contribution in [0.3, 0.4) is 0 Å². The molecule has 18 heavy (non-hydrogen) atoms. The van der Waals surface area contributed by atoms with Crippen molar-refractivity contribution in [1.82, 2.24) is 30.4 Å². The highest BCUT2D eigenvalue weighted by Gasteiger charge is 2.07. The van der Waals surface area contributed by atoms with Crippen molar-refractivity contribution in [2.45, 2.75) is 0 Å². The molecule has 2 aromatic rings.